The molecule has 19 heavy (non-hydrogen) atoms. The second-order valence-electron chi connectivity index (χ2n) is 5.81. The second kappa shape index (κ2) is 6.12. The summed E-state index contributed by atoms with van der Waals surface area (Å²) in [5.74, 6) is 0. The Morgan fingerprint density at radius 3 is 2.63 bits per heavy atom. The van der Waals surface area contributed by atoms with E-state index in [2.05, 4.69) is 18.7 Å². The molecule has 0 aliphatic carbocycles. The maximum atomic E-state index is 10.8. The molecule has 1 atom stereocenters. The topological polar surface area (TPSA) is 72.4 Å². The summed E-state index contributed by atoms with van der Waals surface area (Å²) in [4.78, 5) is 12.6. The van der Waals surface area contributed by atoms with Crippen molar-refractivity contribution in [1.82, 2.24) is 4.90 Å². The lowest BCUT2D eigenvalue weighted by molar-refractivity contribution is -0.384. The van der Waals surface area contributed by atoms with Crippen LogP contribution in [0.1, 0.15) is 32.4 Å². The third kappa shape index (κ3) is 4.29. The van der Waals surface area contributed by atoms with Crippen molar-refractivity contribution in [1.29, 1.82) is 0 Å². The monoisotopic (exact) mass is 265 g/mol. The summed E-state index contributed by atoms with van der Waals surface area (Å²) in [6.45, 7) is 7.73. The number of nitro benzene ring substituents is 1. The van der Waals surface area contributed by atoms with E-state index in [-0.39, 0.29) is 22.1 Å². The van der Waals surface area contributed by atoms with Gasteiger partial charge in [0.05, 0.1) is 4.92 Å². The van der Waals surface area contributed by atoms with Gasteiger partial charge in [0.1, 0.15) is 0 Å². The molecule has 0 amide bonds. The lowest BCUT2D eigenvalue weighted by atomic mass is 9.92. The average Bonchev–Trinajstić information content (AvgIpc) is 2.37. The number of nitrogens with zero attached hydrogens (tertiary/aromatic N) is 2. The summed E-state index contributed by atoms with van der Waals surface area (Å²) in [7, 11) is 2.01. The van der Waals surface area contributed by atoms with Gasteiger partial charge in [0, 0.05) is 24.7 Å². The van der Waals surface area contributed by atoms with Crippen LogP contribution >= 0.6 is 0 Å². The molecule has 0 aromatic heterocycles. The van der Waals surface area contributed by atoms with E-state index in [1.54, 1.807) is 12.1 Å². The standard InChI is InChI=1S/C14H23N3O2/c1-11(16(4)10-14(2,3)9-15)12-6-5-7-13(8-12)17(18)19/h5-8,11H,9-10,15H2,1-4H3. The first-order valence-electron chi connectivity index (χ1n) is 6.41. The van der Waals surface area contributed by atoms with Crippen molar-refractivity contribution in [3.05, 3.63) is 39.9 Å². The summed E-state index contributed by atoms with van der Waals surface area (Å²) >= 11 is 0. The molecule has 0 bridgehead atoms. The van der Waals surface area contributed by atoms with E-state index in [9.17, 15) is 10.1 Å². The van der Waals surface area contributed by atoms with E-state index in [1.807, 2.05) is 20.0 Å². The lowest BCUT2D eigenvalue weighted by Gasteiger charge is -2.33. The number of hydrogen-bond donors (Lipinski definition) is 1. The smallest absolute Gasteiger partial charge is 0.269 e. The number of nitro groups is 1. The molecule has 0 heterocycles. The summed E-state index contributed by atoms with van der Waals surface area (Å²) in [6.07, 6.45) is 0. The molecule has 5 heteroatoms. The highest BCUT2D eigenvalue weighted by Crippen LogP contribution is 2.25. The first kappa shape index (κ1) is 15.6. The SMILES string of the molecule is CC(c1cccc([N+](=O)[O-])c1)N(C)CC(C)(C)CN. The maximum Gasteiger partial charge on any atom is 0.269 e. The van der Waals surface area contributed by atoms with Crippen LogP contribution in [0.15, 0.2) is 24.3 Å². The summed E-state index contributed by atoms with van der Waals surface area (Å²) < 4.78 is 0. The van der Waals surface area contributed by atoms with Crippen molar-refractivity contribution < 1.29 is 4.92 Å². The van der Waals surface area contributed by atoms with Crippen LogP contribution < -0.4 is 5.73 Å². The van der Waals surface area contributed by atoms with Crippen LogP contribution in [-0.4, -0.2) is 30.0 Å². The van der Waals surface area contributed by atoms with Crippen LogP contribution in [-0.2, 0) is 0 Å². The fraction of sp³-hybridized carbons (Fsp3) is 0.571. The van der Waals surface area contributed by atoms with Gasteiger partial charge in [-0.15, -0.1) is 0 Å². The van der Waals surface area contributed by atoms with Crippen LogP contribution in [0.3, 0.4) is 0 Å². The van der Waals surface area contributed by atoms with E-state index in [0.717, 1.165) is 12.1 Å². The van der Waals surface area contributed by atoms with Crippen molar-refractivity contribution >= 4 is 5.69 Å². The van der Waals surface area contributed by atoms with Crippen molar-refractivity contribution in [3.8, 4) is 0 Å². The first-order valence-corrected chi connectivity index (χ1v) is 6.41. The van der Waals surface area contributed by atoms with Gasteiger partial charge in [-0.2, -0.15) is 0 Å². The number of rotatable bonds is 6. The zero-order valence-corrected chi connectivity index (χ0v) is 12.1. The Kier molecular flexibility index (Phi) is 5.03. The van der Waals surface area contributed by atoms with Crippen molar-refractivity contribution in [2.45, 2.75) is 26.8 Å². The van der Waals surface area contributed by atoms with Gasteiger partial charge in [0.15, 0.2) is 0 Å². The van der Waals surface area contributed by atoms with Gasteiger partial charge in [-0.05, 0) is 31.5 Å². The Hall–Kier alpha value is -1.46. The Morgan fingerprint density at radius 1 is 1.47 bits per heavy atom. The van der Waals surface area contributed by atoms with Crippen molar-refractivity contribution in [3.63, 3.8) is 0 Å². The minimum atomic E-state index is -0.361. The fourth-order valence-corrected chi connectivity index (χ4v) is 2.03. The first-order chi connectivity index (χ1) is 8.76. The molecule has 0 fully saturated rings. The third-order valence-corrected chi connectivity index (χ3v) is 3.45. The van der Waals surface area contributed by atoms with E-state index in [4.69, 9.17) is 5.73 Å². The second-order valence-corrected chi connectivity index (χ2v) is 5.81. The Balaban J connectivity index is 2.85. The van der Waals surface area contributed by atoms with Crippen molar-refractivity contribution in [2.24, 2.45) is 11.1 Å². The summed E-state index contributed by atoms with van der Waals surface area (Å²) in [5, 5.41) is 10.8. The molecule has 0 aliphatic heterocycles. The molecule has 0 spiro atoms. The summed E-state index contributed by atoms with van der Waals surface area (Å²) in [5.41, 5.74) is 6.86. The largest absolute Gasteiger partial charge is 0.330 e. The molecule has 106 valence electrons. The van der Waals surface area contributed by atoms with Crippen molar-refractivity contribution in [2.75, 3.05) is 20.1 Å². The zero-order chi connectivity index (χ0) is 14.6. The number of benzene rings is 1. The Labute approximate surface area is 114 Å². The number of nitrogens with two attached hydrogens (primary N) is 1. The van der Waals surface area contributed by atoms with E-state index in [1.165, 1.54) is 6.07 Å². The number of hydrogen-bond acceptors (Lipinski definition) is 4. The van der Waals surface area contributed by atoms with Gasteiger partial charge < -0.3 is 5.73 Å². The highest BCUT2D eigenvalue weighted by atomic mass is 16.6. The van der Waals surface area contributed by atoms with Gasteiger partial charge in [0.25, 0.3) is 5.69 Å². The molecule has 2 N–H and O–H groups in total. The van der Waals surface area contributed by atoms with Crippen LogP contribution in [0.2, 0.25) is 0 Å². The van der Waals surface area contributed by atoms with Gasteiger partial charge in [-0.25, -0.2) is 0 Å². The van der Waals surface area contributed by atoms with E-state index >= 15 is 0 Å². The van der Waals surface area contributed by atoms with Crippen LogP contribution in [0.25, 0.3) is 0 Å². The number of non-ortho nitro benzene ring substituents is 1. The minimum absolute atomic E-state index is 0.0315. The van der Waals surface area contributed by atoms with Gasteiger partial charge in [-0.3, -0.25) is 15.0 Å². The highest BCUT2D eigenvalue weighted by molar-refractivity contribution is 5.35. The lowest BCUT2D eigenvalue weighted by Crippen LogP contribution is -2.37. The Bertz CT molecular complexity index is 446. The highest BCUT2D eigenvalue weighted by Gasteiger charge is 2.22. The molecule has 0 saturated carbocycles. The molecule has 1 unspecified atom stereocenters. The molecule has 5 nitrogen and oxygen atoms in total. The predicted molar refractivity (Wildman–Crippen MR) is 77.0 cm³/mol. The minimum Gasteiger partial charge on any atom is -0.330 e. The quantitative estimate of drug-likeness (QED) is 0.634. The molecule has 1 rings (SSSR count). The Morgan fingerprint density at radius 2 is 2.11 bits per heavy atom. The molecule has 0 radical (unpaired) electrons. The molecule has 0 aliphatic rings. The normalized spacial score (nSPS) is 13.6. The molecular formula is C14H23N3O2. The predicted octanol–water partition coefficient (Wildman–Crippen LogP) is 2.57. The molecule has 1 aromatic carbocycles. The van der Waals surface area contributed by atoms with E-state index in [0.29, 0.717) is 6.54 Å². The molecular weight excluding hydrogens is 242 g/mol. The average molecular weight is 265 g/mol. The molecule has 0 saturated heterocycles. The third-order valence-electron chi connectivity index (χ3n) is 3.45. The summed E-state index contributed by atoms with van der Waals surface area (Å²) in [6, 6.07) is 6.91. The van der Waals surface area contributed by atoms with E-state index < -0.39 is 0 Å². The fourth-order valence-electron chi connectivity index (χ4n) is 2.03. The zero-order valence-electron chi connectivity index (χ0n) is 12.1. The van der Waals surface area contributed by atoms with Crippen LogP contribution in [0, 0.1) is 15.5 Å². The maximum absolute atomic E-state index is 10.8. The van der Waals surface area contributed by atoms with Gasteiger partial charge in [-0.1, -0.05) is 26.0 Å². The van der Waals surface area contributed by atoms with Gasteiger partial charge >= 0.3 is 0 Å². The van der Waals surface area contributed by atoms with Gasteiger partial charge in [0.2, 0.25) is 0 Å². The molecule has 1 aromatic rings. The van der Waals surface area contributed by atoms with Crippen LogP contribution in [0.4, 0.5) is 5.69 Å². The van der Waals surface area contributed by atoms with Crippen LogP contribution in [0.5, 0.6) is 0 Å².